The van der Waals surface area contributed by atoms with E-state index in [1.54, 1.807) is 6.07 Å². The van der Waals surface area contributed by atoms with Crippen molar-refractivity contribution in [3.63, 3.8) is 0 Å². The summed E-state index contributed by atoms with van der Waals surface area (Å²) in [6.07, 6.45) is 1.55. The van der Waals surface area contributed by atoms with Gasteiger partial charge in [0.05, 0.1) is 25.0 Å². The summed E-state index contributed by atoms with van der Waals surface area (Å²) in [5, 5.41) is 9.34. The molecule has 1 aromatic heterocycles. The first kappa shape index (κ1) is 19.2. The standard InChI is InChI=1S/C17H18ClN3O5S/c1-10-5-11(6-13-9-21(17(22)23)3-4-26-15(10)13)12-7-14(16(18)19-8-12)20-27(2,24)25/h5-8,20H,3-4,9H2,1-2H3,(H,22,23). The molecular formula is C17H18ClN3O5S. The Hall–Kier alpha value is -2.52. The molecule has 3 rings (SSSR count). The van der Waals surface area contributed by atoms with E-state index in [0.717, 1.165) is 22.9 Å². The van der Waals surface area contributed by atoms with E-state index in [4.69, 9.17) is 16.3 Å². The van der Waals surface area contributed by atoms with E-state index in [9.17, 15) is 18.3 Å². The van der Waals surface area contributed by atoms with Gasteiger partial charge in [-0.15, -0.1) is 0 Å². The molecule has 0 bridgehead atoms. The minimum Gasteiger partial charge on any atom is -0.491 e. The van der Waals surface area contributed by atoms with Crippen molar-refractivity contribution in [3.05, 3.63) is 40.7 Å². The number of ether oxygens (including phenoxy) is 1. The Morgan fingerprint density at radius 3 is 2.74 bits per heavy atom. The fraction of sp³-hybridized carbons (Fsp3) is 0.294. The number of amides is 1. The predicted octanol–water partition coefficient (Wildman–Crippen LogP) is 2.95. The molecule has 27 heavy (non-hydrogen) atoms. The molecule has 8 nitrogen and oxygen atoms in total. The maximum atomic E-state index is 11.5. The lowest BCUT2D eigenvalue weighted by Gasteiger charge is -2.16. The number of sulfonamides is 1. The predicted molar refractivity (Wildman–Crippen MR) is 102 cm³/mol. The molecule has 0 aliphatic carbocycles. The molecule has 2 aromatic rings. The van der Waals surface area contributed by atoms with Crippen LogP contribution in [0.25, 0.3) is 11.1 Å². The van der Waals surface area contributed by atoms with E-state index in [1.807, 2.05) is 19.1 Å². The number of hydrogen-bond donors (Lipinski definition) is 2. The van der Waals surface area contributed by atoms with Crippen LogP contribution in [0.2, 0.25) is 5.15 Å². The number of nitrogens with one attached hydrogen (secondary N) is 1. The van der Waals surface area contributed by atoms with Gasteiger partial charge in [-0.2, -0.15) is 0 Å². The van der Waals surface area contributed by atoms with Crippen LogP contribution in [0.1, 0.15) is 11.1 Å². The van der Waals surface area contributed by atoms with E-state index in [0.29, 0.717) is 11.3 Å². The number of nitrogens with zero attached hydrogens (tertiary/aromatic N) is 2. The smallest absolute Gasteiger partial charge is 0.407 e. The van der Waals surface area contributed by atoms with E-state index in [2.05, 4.69) is 9.71 Å². The van der Waals surface area contributed by atoms with E-state index in [1.165, 1.54) is 11.1 Å². The minimum absolute atomic E-state index is 0.0380. The minimum atomic E-state index is -3.51. The van der Waals surface area contributed by atoms with Crippen molar-refractivity contribution < 1.29 is 23.1 Å². The van der Waals surface area contributed by atoms with Gasteiger partial charge < -0.3 is 14.7 Å². The normalized spacial score (nSPS) is 14.1. The van der Waals surface area contributed by atoms with Crippen LogP contribution in [-0.2, 0) is 16.6 Å². The zero-order chi connectivity index (χ0) is 19.8. The van der Waals surface area contributed by atoms with Crippen molar-refractivity contribution in [2.75, 3.05) is 24.1 Å². The number of rotatable bonds is 3. The van der Waals surface area contributed by atoms with E-state index >= 15 is 0 Å². The van der Waals surface area contributed by atoms with Crippen LogP contribution in [0.4, 0.5) is 10.5 Å². The van der Waals surface area contributed by atoms with Crippen LogP contribution in [0, 0.1) is 6.92 Å². The van der Waals surface area contributed by atoms with E-state index in [-0.39, 0.29) is 30.5 Å². The number of anilines is 1. The average molecular weight is 412 g/mol. The summed E-state index contributed by atoms with van der Waals surface area (Å²) in [6, 6.07) is 5.28. The lowest BCUT2D eigenvalue weighted by molar-refractivity contribution is 0.138. The summed E-state index contributed by atoms with van der Waals surface area (Å²) in [5.41, 5.74) is 3.15. The summed E-state index contributed by atoms with van der Waals surface area (Å²) in [6.45, 7) is 2.64. The molecule has 2 heterocycles. The molecule has 0 atom stereocenters. The lowest BCUT2D eigenvalue weighted by atomic mass is 10.00. The summed E-state index contributed by atoms with van der Waals surface area (Å²) < 4.78 is 31.1. The molecule has 1 aliphatic rings. The van der Waals surface area contributed by atoms with Crippen molar-refractivity contribution in [2.24, 2.45) is 0 Å². The molecule has 0 spiro atoms. The van der Waals surface area contributed by atoms with Crippen molar-refractivity contribution in [1.29, 1.82) is 0 Å². The Kier molecular flexibility index (Phi) is 5.16. The highest BCUT2D eigenvalue weighted by molar-refractivity contribution is 7.92. The summed E-state index contributed by atoms with van der Waals surface area (Å²) in [7, 11) is -3.51. The molecule has 0 fully saturated rings. The molecule has 144 valence electrons. The van der Waals surface area contributed by atoms with Crippen LogP contribution in [0.3, 0.4) is 0 Å². The third-order valence-corrected chi connectivity index (χ3v) is 4.95. The fourth-order valence-corrected chi connectivity index (χ4v) is 3.68. The molecule has 1 aliphatic heterocycles. The third kappa shape index (κ3) is 4.42. The van der Waals surface area contributed by atoms with E-state index < -0.39 is 16.1 Å². The number of halogens is 1. The van der Waals surface area contributed by atoms with Gasteiger partial charge in [0.2, 0.25) is 10.0 Å². The number of carboxylic acid groups (broad SMARTS) is 1. The highest BCUT2D eigenvalue weighted by Crippen LogP contribution is 2.34. The number of hydrogen-bond acceptors (Lipinski definition) is 5. The van der Waals surface area contributed by atoms with Gasteiger partial charge in [-0.3, -0.25) is 4.72 Å². The van der Waals surface area contributed by atoms with Crippen molar-refractivity contribution in [3.8, 4) is 16.9 Å². The van der Waals surface area contributed by atoms with Crippen molar-refractivity contribution in [1.82, 2.24) is 9.88 Å². The second-order valence-corrected chi connectivity index (χ2v) is 8.38. The lowest BCUT2D eigenvalue weighted by Crippen LogP contribution is -2.30. The van der Waals surface area contributed by atoms with Gasteiger partial charge in [-0.05, 0) is 36.2 Å². The number of aromatic nitrogens is 1. The van der Waals surface area contributed by atoms with Crippen LogP contribution < -0.4 is 9.46 Å². The van der Waals surface area contributed by atoms with Gasteiger partial charge in [0, 0.05) is 17.3 Å². The molecule has 0 radical (unpaired) electrons. The maximum absolute atomic E-state index is 11.5. The molecule has 0 saturated carbocycles. The number of benzene rings is 1. The topological polar surface area (TPSA) is 109 Å². The quantitative estimate of drug-likeness (QED) is 0.751. The molecule has 0 saturated heterocycles. The Balaban J connectivity index is 2.05. The summed E-state index contributed by atoms with van der Waals surface area (Å²) in [4.78, 5) is 16.7. The zero-order valence-electron chi connectivity index (χ0n) is 14.7. The second-order valence-electron chi connectivity index (χ2n) is 6.27. The number of fused-ring (bicyclic) bond motifs is 1. The molecule has 1 amide bonds. The first-order valence-corrected chi connectivity index (χ1v) is 10.3. The Labute approximate surface area is 161 Å². The molecule has 0 unspecified atom stereocenters. The Morgan fingerprint density at radius 1 is 1.33 bits per heavy atom. The van der Waals surface area contributed by atoms with Crippen LogP contribution in [0.15, 0.2) is 24.4 Å². The summed E-state index contributed by atoms with van der Waals surface area (Å²) >= 11 is 5.98. The van der Waals surface area contributed by atoms with Crippen molar-refractivity contribution in [2.45, 2.75) is 13.5 Å². The van der Waals surface area contributed by atoms with Crippen LogP contribution in [0.5, 0.6) is 5.75 Å². The first-order valence-electron chi connectivity index (χ1n) is 8.02. The van der Waals surface area contributed by atoms with Gasteiger partial charge in [0.25, 0.3) is 0 Å². The maximum Gasteiger partial charge on any atom is 0.407 e. The average Bonchev–Trinajstić information content (AvgIpc) is 2.78. The fourth-order valence-electron chi connectivity index (χ4n) is 2.92. The second kappa shape index (κ2) is 7.24. The Morgan fingerprint density at radius 2 is 2.07 bits per heavy atom. The highest BCUT2D eigenvalue weighted by atomic mass is 35.5. The molecule has 2 N–H and O–H groups in total. The largest absolute Gasteiger partial charge is 0.491 e. The monoisotopic (exact) mass is 411 g/mol. The van der Waals surface area contributed by atoms with Gasteiger partial charge >= 0.3 is 6.09 Å². The summed E-state index contributed by atoms with van der Waals surface area (Å²) in [5.74, 6) is 0.666. The number of carbonyl (C=O) groups is 1. The van der Waals surface area contributed by atoms with Crippen molar-refractivity contribution >= 4 is 33.4 Å². The van der Waals surface area contributed by atoms with Crippen LogP contribution in [-0.4, -0.2) is 48.9 Å². The van der Waals surface area contributed by atoms with Crippen LogP contribution >= 0.6 is 11.6 Å². The molecular weight excluding hydrogens is 394 g/mol. The third-order valence-electron chi connectivity index (χ3n) is 4.06. The Bertz CT molecular complexity index is 1010. The van der Waals surface area contributed by atoms with Gasteiger partial charge in [-0.1, -0.05) is 11.6 Å². The van der Waals surface area contributed by atoms with Gasteiger partial charge in [0.15, 0.2) is 5.15 Å². The number of pyridine rings is 1. The highest BCUT2D eigenvalue weighted by Gasteiger charge is 2.21. The van der Waals surface area contributed by atoms with Gasteiger partial charge in [0.1, 0.15) is 12.4 Å². The first-order chi connectivity index (χ1) is 12.6. The molecule has 10 heteroatoms. The van der Waals surface area contributed by atoms with Gasteiger partial charge in [-0.25, -0.2) is 18.2 Å². The zero-order valence-corrected chi connectivity index (χ0v) is 16.3. The SMILES string of the molecule is Cc1cc(-c2cnc(Cl)c(NS(C)(=O)=O)c2)cc2c1OCCN(C(=O)O)C2. The number of aryl methyl sites for hydroxylation is 1. The molecule has 1 aromatic carbocycles.